The van der Waals surface area contributed by atoms with Gasteiger partial charge >= 0.3 is 0 Å². The smallest absolute Gasteiger partial charge is 0.238 e. The minimum absolute atomic E-state index is 0.115. The van der Waals surface area contributed by atoms with Crippen molar-refractivity contribution in [3.05, 3.63) is 106 Å². The van der Waals surface area contributed by atoms with Crippen molar-refractivity contribution >= 4 is 45.7 Å². The molecule has 4 rings (SSSR count). The van der Waals surface area contributed by atoms with Crippen molar-refractivity contribution in [1.29, 1.82) is 0 Å². The largest absolute Gasteiger partial charge is 0.300 e. The van der Waals surface area contributed by atoms with Crippen LogP contribution in [0.4, 0.5) is 5.13 Å². The van der Waals surface area contributed by atoms with Crippen molar-refractivity contribution < 1.29 is 4.79 Å². The van der Waals surface area contributed by atoms with E-state index in [2.05, 4.69) is 15.5 Å². The van der Waals surface area contributed by atoms with Crippen molar-refractivity contribution in [3.63, 3.8) is 0 Å². The molecule has 0 atom stereocenters. The molecule has 0 fully saturated rings. The number of aryl methyl sites for hydroxylation is 1. The average molecular weight is 466 g/mol. The number of benzene rings is 3. The van der Waals surface area contributed by atoms with E-state index in [-0.39, 0.29) is 5.91 Å². The third-order valence-corrected chi connectivity index (χ3v) is 6.79. The Hall–Kier alpha value is -2.67. The van der Waals surface area contributed by atoms with E-state index in [4.69, 9.17) is 11.6 Å². The Morgan fingerprint density at radius 3 is 2.13 bits per heavy atom. The number of carbonyl (C=O) groups excluding carboxylic acids is 1. The molecule has 1 aromatic heterocycles. The number of amides is 1. The van der Waals surface area contributed by atoms with Crippen molar-refractivity contribution in [1.82, 2.24) is 10.2 Å². The molecule has 0 unspecified atom stereocenters. The van der Waals surface area contributed by atoms with Crippen LogP contribution in [0.1, 0.15) is 22.1 Å². The van der Waals surface area contributed by atoms with Crippen LogP contribution in [-0.2, 0) is 11.2 Å². The fourth-order valence-electron chi connectivity index (χ4n) is 3.16. The number of hydrogen-bond acceptors (Lipinski definition) is 5. The molecule has 156 valence electrons. The molecule has 4 nitrogen and oxygen atoms in total. The maximum atomic E-state index is 13.2. The highest BCUT2D eigenvalue weighted by atomic mass is 35.5. The number of anilines is 1. The van der Waals surface area contributed by atoms with Gasteiger partial charge in [0.2, 0.25) is 11.0 Å². The Labute approximate surface area is 194 Å². The first-order valence-electron chi connectivity index (χ1n) is 9.80. The predicted octanol–water partition coefficient (Wildman–Crippen LogP) is 6.30. The van der Waals surface area contributed by atoms with Crippen LogP contribution in [0.5, 0.6) is 0 Å². The van der Waals surface area contributed by atoms with Crippen LogP contribution in [-0.4, -0.2) is 21.9 Å². The molecule has 0 aliphatic heterocycles. The number of hydrogen-bond donors (Lipinski definition) is 1. The summed E-state index contributed by atoms with van der Waals surface area (Å²) >= 11 is 9.08. The van der Waals surface area contributed by atoms with E-state index in [1.807, 2.05) is 84.9 Å². The highest BCUT2D eigenvalue weighted by Gasteiger charge is 2.23. The number of thioether (sulfide) groups is 1. The lowest BCUT2D eigenvalue weighted by atomic mass is 9.90. The van der Waals surface area contributed by atoms with Crippen LogP contribution in [0.3, 0.4) is 0 Å². The summed E-state index contributed by atoms with van der Waals surface area (Å²) in [5.74, 6) is 0.353. The SMILES string of the molecule is O=C(Nc1nnc(CCSc2ccc(Cl)cc2)s1)C(c1ccccc1)c1ccccc1. The van der Waals surface area contributed by atoms with E-state index in [1.54, 1.807) is 11.8 Å². The lowest BCUT2D eigenvalue weighted by Crippen LogP contribution is -2.22. The Bertz CT molecular complexity index is 1080. The van der Waals surface area contributed by atoms with Crippen LogP contribution >= 0.6 is 34.7 Å². The maximum Gasteiger partial charge on any atom is 0.238 e. The normalized spacial score (nSPS) is 10.9. The maximum absolute atomic E-state index is 13.2. The molecule has 0 saturated carbocycles. The first-order chi connectivity index (χ1) is 15.2. The van der Waals surface area contributed by atoms with Gasteiger partial charge in [0.05, 0.1) is 5.92 Å². The van der Waals surface area contributed by atoms with Gasteiger partial charge < -0.3 is 0 Å². The third kappa shape index (κ3) is 5.94. The summed E-state index contributed by atoms with van der Waals surface area (Å²) in [5, 5.41) is 13.5. The molecule has 4 aromatic rings. The second kappa shape index (κ2) is 10.6. The Morgan fingerprint density at radius 2 is 1.52 bits per heavy atom. The fraction of sp³-hybridized carbons (Fsp3) is 0.125. The number of nitrogens with zero attached hydrogens (tertiary/aromatic N) is 2. The zero-order valence-electron chi connectivity index (χ0n) is 16.6. The summed E-state index contributed by atoms with van der Waals surface area (Å²) in [5.41, 5.74) is 1.88. The molecule has 1 heterocycles. The highest BCUT2D eigenvalue weighted by Crippen LogP contribution is 2.28. The quantitative estimate of drug-likeness (QED) is 0.310. The Morgan fingerprint density at radius 1 is 0.903 bits per heavy atom. The van der Waals surface area contributed by atoms with Crippen molar-refractivity contribution in [2.75, 3.05) is 11.1 Å². The number of carbonyl (C=O) groups is 1. The predicted molar refractivity (Wildman–Crippen MR) is 129 cm³/mol. The molecule has 0 saturated heterocycles. The molecule has 0 bridgehead atoms. The lowest BCUT2D eigenvalue weighted by Gasteiger charge is -2.16. The molecule has 0 aliphatic carbocycles. The minimum Gasteiger partial charge on any atom is -0.300 e. The molecular formula is C24H20ClN3OS2. The first kappa shape index (κ1) is 21.6. The zero-order valence-corrected chi connectivity index (χ0v) is 19.0. The summed E-state index contributed by atoms with van der Waals surface area (Å²) in [4.78, 5) is 14.3. The van der Waals surface area contributed by atoms with Crippen LogP contribution in [0.25, 0.3) is 0 Å². The zero-order chi connectivity index (χ0) is 21.5. The van der Waals surface area contributed by atoms with Gasteiger partial charge in [-0.1, -0.05) is 83.6 Å². The standard InChI is InChI=1S/C24H20ClN3OS2/c25-19-11-13-20(14-12-19)30-16-15-21-27-28-24(31-21)26-23(29)22(17-7-3-1-4-8-17)18-9-5-2-6-10-18/h1-14,22H,15-16H2,(H,26,28,29). The summed E-state index contributed by atoms with van der Waals surface area (Å²) in [7, 11) is 0. The van der Waals surface area contributed by atoms with Gasteiger partial charge in [0, 0.05) is 22.1 Å². The van der Waals surface area contributed by atoms with E-state index in [9.17, 15) is 4.79 Å². The average Bonchev–Trinajstić information content (AvgIpc) is 3.24. The van der Waals surface area contributed by atoms with Crippen LogP contribution in [0.15, 0.2) is 89.8 Å². The van der Waals surface area contributed by atoms with Gasteiger partial charge in [-0.15, -0.1) is 22.0 Å². The number of halogens is 1. The topological polar surface area (TPSA) is 54.9 Å². The molecular weight excluding hydrogens is 446 g/mol. The molecule has 7 heteroatoms. The summed E-state index contributed by atoms with van der Waals surface area (Å²) < 4.78 is 0. The van der Waals surface area contributed by atoms with E-state index >= 15 is 0 Å². The minimum atomic E-state index is -0.407. The van der Waals surface area contributed by atoms with E-state index in [0.717, 1.165) is 38.2 Å². The summed E-state index contributed by atoms with van der Waals surface area (Å²) in [6.45, 7) is 0. The van der Waals surface area contributed by atoms with Gasteiger partial charge in [0.1, 0.15) is 5.01 Å². The number of nitrogens with one attached hydrogen (secondary N) is 1. The van der Waals surface area contributed by atoms with E-state index in [0.29, 0.717) is 5.13 Å². The molecule has 0 spiro atoms. The molecule has 1 amide bonds. The van der Waals surface area contributed by atoms with Crippen LogP contribution in [0, 0.1) is 0 Å². The Kier molecular flexibility index (Phi) is 7.35. The van der Waals surface area contributed by atoms with Gasteiger partial charge in [-0.2, -0.15) is 0 Å². The van der Waals surface area contributed by atoms with Crippen molar-refractivity contribution in [2.45, 2.75) is 17.2 Å². The molecule has 0 radical (unpaired) electrons. The molecule has 1 N–H and O–H groups in total. The summed E-state index contributed by atoms with van der Waals surface area (Å²) in [6, 6.07) is 27.3. The molecule has 3 aromatic carbocycles. The second-order valence-electron chi connectivity index (χ2n) is 6.80. The van der Waals surface area contributed by atoms with Crippen molar-refractivity contribution in [3.8, 4) is 0 Å². The van der Waals surface area contributed by atoms with E-state index in [1.165, 1.54) is 11.3 Å². The van der Waals surface area contributed by atoms with Crippen molar-refractivity contribution in [2.24, 2.45) is 0 Å². The first-order valence-corrected chi connectivity index (χ1v) is 12.0. The fourth-order valence-corrected chi connectivity index (χ4v) is 5.01. The Balaban J connectivity index is 1.40. The number of rotatable bonds is 8. The second-order valence-corrected chi connectivity index (χ2v) is 9.46. The van der Waals surface area contributed by atoms with E-state index < -0.39 is 5.92 Å². The van der Waals surface area contributed by atoms with Crippen LogP contribution in [0.2, 0.25) is 5.02 Å². The molecule has 31 heavy (non-hydrogen) atoms. The van der Waals surface area contributed by atoms with Gasteiger partial charge in [-0.25, -0.2) is 0 Å². The third-order valence-electron chi connectivity index (χ3n) is 4.62. The number of aromatic nitrogens is 2. The summed E-state index contributed by atoms with van der Waals surface area (Å²) in [6.07, 6.45) is 0.779. The monoisotopic (exact) mass is 465 g/mol. The van der Waals surface area contributed by atoms with Crippen LogP contribution < -0.4 is 5.32 Å². The van der Waals surface area contributed by atoms with Gasteiger partial charge in [-0.3, -0.25) is 10.1 Å². The van der Waals surface area contributed by atoms with Gasteiger partial charge in [0.15, 0.2) is 0 Å². The van der Waals surface area contributed by atoms with Gasteiger partial charge in [-0.05, 0) is 35.4 Å². The molecule has 0 aliphatic rings. The lowest BCUT2D eigenvalue weighted by molar-refractivity contribution is -0.116. The highest BCUT2D eigenvalue weighted by molar-refractivity contribution is 7.99. The van der Waals surface area contributed by atoms with Gasteiger partial charge in [0.25, 0.3) is 0 Å².